The fourth-order valence-electron chi connectivity index (χ4n) is 2.61. The lowest BCUT2D eigenvalue weighted by molar-refractivity contribution is -0.0175. The number of carbonyl (C=O) groups excluding carboxylic acids is 1. The van der Waals surface area contributed by atoms with Crippen LogP contribution in [0.1, 0.15) is 22.1 Å². The number of aromatic nitrogens is 2. The van der Waals surface area contributed by atoms with Crippen molar-refractivity contribution in [3.8, 4) is 5.75 Å². The molecular formula is C17H22N4O4. The molecular weight excluding hydrogens is 324 g/mol. The zero-order valence-corrected chi connectivity index (χ0v) is 14.4. The van der Waals surface area contributed by atoms with E-state index < -0.39 is 0 Å². The van der Waals surface area contributed by atoms with Crippen molar-refractivity contribution in [1.29, 1.82) is 0 Å². The Balaban J connectivity index is 1.58. The molecule has 0 saturated carbocycles. The average Bonchev–Trinajstić information content (AvgIpc) is 3.03. The van der Waals surface area contributed by atoms with Gasteiger partial charge in [0.25, 0.3) is 5.91 Å². The number of para-hydroxylation sites is 1. The number of benzene rings is 1. The largest absolute Gasteiger partial charge is 0.485 e. The molecule has 25 heavy (non-hydrogen) atoms. The number of hydrogen-bond donors (Lipinski definition) is 1. The standard InChI is InChI=1S/C17H22N4O4/c1-12-19-16(20-25-12)11-24-15-6-4-3-5-14(15)17(22)18-9-13-10-21(2)7-8-23-13/h3-6,13H,7-11H2,1-2H3,(H,18,22). The van der Waals surface area contributed by atoms with Crippen LogP contribution in [0.25, 0.3) is 0 Å². The summed E-state index contributed by atoms with van der Waals surface area (Å²) in [6.45, 7) is 4.70. The Bertz CT molecular complexity index is 718. The van der Waals surface area contributed by atoms with Crippen LogP contribution in [0.4, 0.5) is 0 Å². The minimum Gasteiger partial charge on any atom is -0.485 e. The lowest BCUT2D eigenvalue weighted by Gasteiger charge is -2.30. The molecule has 3 rings (SSSR count). The van der Waals surface area contributed by atoms with E-state index in [2.05, 4.69) is 20.4 Å². The van der Waals surface area contributed by atoms with Gasteiger partial charge >= 0.3 is 0 Å². The lowest BCUT2D eigenvalue weighted by atomic mass is 10.2. The minimum absolute atomic E-state index is 0.00177. The molecule has 1 atom stereocenters. The van der Waals surface area contributed by atoms with Crippen LogP contribution >= 0.6 is 0 Å². The molecule has 1 aliphatic rings. The lowest BCUT2D eigenvalue weighted by Crippen LogP contribution is -2.45. The zero-order valence-electron chi connectivity index (χ0n) is 14.4. The summed E-state index contributed by atoms with van der Waals surface area (Å²) < 4.78 is 16.2. The van der Waals surface area contributed by atoms with E-state index in [0.717, 1.165) is 13.1 Å². The number of nitrogens with one attached hydrogen (secondary N) is 1. The molecule has 0 bridgehead atoms. The topological polar surface area (TPSA) is 89.7 Å². The molecule has 0 aliphatic carbocycles. The van der Waals surface area contributed by atoms with Gasteiger partial charge in [-0.2, -0.15) is 4.98 Å². The molecule has 1 aromatic carbocycles. The SMILES string of the molecule is Cc1nc(COc2ccccc2C(=O)NCC2CN(C)CCO2)no1. The number of ether oxygens (including phenoxy) is 2. The van der Waals surface area contributed by atoms with Crippen LogP contribution in [0.3, 0.4) is 0 Å². The summed E-state index contributed by atoms with van der Waals surface area (Å²) in [4.78, 5) is 18.8. The molecule has 2 heterocycles. The van der Waals surface area contributed by atoms with Crippen molar-refractivity contribution in [2.75, 3.05) is 33.3 Å². The van der Waals surface area contributed by atoms with Crippen LogP contribution in [0.15, 0.2) is 28.8 Å². The van der Waals surface area contributed by atoms with Gasteiger partial charge in [-0.1, -0.05) is 17.3 Å². The molecule has 1 unspecified atom stereocenters. The second kappa shape index (κ2) is 8.09. The maximum atomic E-state index is 12.5. The van der Waals surface area contributed by atoms with Gasteiger partial charge in [-0.15, -0.1) is 0 Å². The quantitative estimate of drug-likeness (QED) is 0.835. The number of likely N-dealkylation sites (N-methyl/N-ethyl adjacent to an activating group) is 1. The van der Waals surface area contributed by atoms with Gasteiger partial charge in [0.15, 0.2) is 6.61 Å². The summed E-state index contributed by atoms with van der Waals surface area (Å²) in [7, 11) is 2.04. The Morgan fingerprint density at radius 2 is 2.28 bits per heavy atom. The fourth-order valence-corrected chi connectivity index (χ4v) is 2.61. The van der Waals surface area contributed by atoms with Crippen molar-refractivity contribution in [2.24, 2.45) is 0 Å². The number of carbonyl (C=O) groups is 1. The molecule has 1 aromatic heterocycles. The van der Waals surface area contributed by atoms with Crippen LogP contribution in [-0.2, 0) is 11.3 Å². The molecule has 1 aliphatic heterocycles. The molecule has 1 N–H and O–H groups in total. The van der Waals surface area contributed by atoms with Crippen LogP contribution < -0.4 is 10.1 Å². The van der Waals surface area contributed by atoms with E-state index in [-0.39, 0.29) is 18.6 Å². The van der Waals surface area contributed by atoms with Crippen molar-refractivity contribution in [2.45, 2.75) is 19.6 Å². The van der Waals surface area contributed by atoms with Crippen molar-refractivity contribution in [1.82, 2.24) is 20.4 Å². The Morgan fingerprint density at radius 3 is 3.04 bits per heavy atom. The third-order valence-electron chi connectivity index (χ3n) is 3.89. The van der Waals surface area contributed by atoms with Gasteiger partial charge in [-0.25, -0.2) is 0 Å². The highest BCUT2D eigenvalue weighted by molar-refractivity contribution is 5.96. The maximum Gasteiger partial charge on any atom is 0.255 e. The molecule has 0 radical (unpaired) electrons. The molecule has 1 fully saturated rings. The Labute approximate surface area is 146 Å². The predicted molar refractivity (Wildman–Crippen MR) is 89.4 cm³/mol. The first-order chi connectivity index (χ1) is 12.1. The summed E-state index contributed by atoms with van der Waals surface area (Å²) in [5.41, 5.74) is 0.465. The number of nitrogens with zero attached hydrogens (tertiary/aromatic N) is 3. The summed E-state index contributed by atoms with van der Waals surface area (Å²) in [6.07, 6.45) is -0.00177. The van der Waals surface area contributed by atoms with Gasteiger partial charge in [0.05, 0.1) is 18.3 Å². The summed E-state index contributed by atoms with van der Waals surface area (Å²) >= 11 is 0. The van der Waals surface area contributed by atoms with Crippen molar-refractivity contribution in [3.05, 3.63) is 41.5 Å². The number of amides is 1. The van der Waals surface area contributed by atoms with E-state index >= 15 is 0 Å². The molecule has 0 spiro atoms. The van der Waals surface area contributed by atoms with Crippen LogP contribution in [0.5, 0.6) is 5.75 Å². The van der Waals surface area contributed by atoms with E-state index in [9.17, 15) is 4.79 Å². The maximum absolute atomic E-state index is 12.5. The van der Waals surface area contributed by atoms with Crippen molar-refractivity contribution in [3.63, 3.8) is 0 Å². The van der Waals surface area contributed by atoms with Gasteiger partial charge in [0.2, 0.25) is 11.7 Å². The highest BCUT2D eigenvalue weighted by Crippen LogP contribution is 2.19. The Hall–Kier alpha value is -2.45. The first kappa shape index (κ1) is 17.4. The third kappa shape index (κ3) is 4.77. The second-order valence-electron chi connectivity index (χ2n) is 5.98. The predicted octanol–water partition coefficient (Wildman–Crippen LogP) is 1.02. The van der Waals surface area contributed by atoms with Crippen LogP contribution in [-0.4, -0.2) is 60.3 Å². The molecule has 1 amide bonds. The number of rotatable bonds is 6. The van der Waals surface area contributed by atoms with Gasteiger partial charge in [0, 0.05) is 26.6 Å². The highest BCUT2D eigenvalue weighted by Gasteiger charge is 2.20. The minimum atomic E-state index is -0.197. The summed E-state index contributed by atoms with van der Waals surface area (Å²) in [5, 5.41) is 6.69. The van der Waals surface area contributed by atoms with E-state index in [0.29, 0.717) is 36.2 Å². The fraction of sp³-hybridized carbons (Fsp3) is 0.471. The first-order valence-corrected chi connectivity index (χ1v) is 8.21. The van der Waals surface area contributed by atoms with Crippen molar-refractivity contribution >= 4 is 5.91 Å². The average molecular weight is 346 g/mol. The van der Waals surface area contributed by atoms with Crippen LogP contribution in [0, 0.1) is 6.92 Å². The molecule has 8 heteroatoms. The molecule has 1 saturated heterocycles. The molecule has 8 nitrogen and oxygen atoms in total. The second-order valence-corrected chi connectivity index (χ2v) is 5.98. The normalized spacial score (nSPS) is 18.1. The summed E-state index contributed by atoms with van der Waals surface area (Å²) in [6, 6.07) is 7.07. The van der Waals surface area contributed by atoms with E-state index in [4.69, 9.17) is 14.0 Å². The third-order valence-corrected chi connectivity index (χ3v) is 3.89. The monoisotopic (exact) mass is 346 g/mol. The number of aryl methyl sites for hydroxylation is 1. The van der Waals surface area contributed by atoms with E-state index in [1.807, 2.05) is 13.1 Å². The van der Waals surface area contributed by atoms with Crippen LogP contribution in [0.2, 0.25) is 0 Å². The van der Waals surface area contributed by atoms with Gasteiger partial charge in [0.1, 0.15) is 5.75 Å². The number of morpholine rings is 1. The smallest absolute Gasteiger partial charge is 0.255 e. The Morgan fingerprint density at radius 1 is 1.44 bits per heavy atom. The summed E-state index contributed by atoms with van der Waals surface area (Å²) in [5.74, 6) is 1.19. The van der Waals surface area contributed by atoms with Gasteiger partial charge in [-0.05, 0) is 19.2 Å². The van der Waals surface area contributed by atoms with Crippen molar-refractivity contribution < 1.29 is 18.8 Å². The zero-order chi connectivity index (χ0) is 17.6. The molecule has 2 aromatic rings. The Kier molecular flexibility index (Phi) is 5.62. The number of hydrogen-bond acceptors (Lipinski definition) is 7. The van der Waals surface area contributed by atoms with E-state index in [1.54, 1.807) is 25.1 Å². The van der Waals surface area contributed by atoms with Gasteiger partial charge < -0.3 is 24.2 Å². The molecule has 134 valence electrons. The van der Waals surface area contributed by atoms with Gasteiger partial charge in [-0.3, -0.25) is 4.79 Å². The highest BCUT2D eigenvalue weighted by atomic mass is 16.5. The first-order valence-electron chi connectivity index (χ1n) is 8.21. The van der Waals surface area contributed by atoms with E-state index in [1.165, 1.54) is 0 Å².